The normalized spacial score (nSPS) is 16.9. The molecule has 1 aromatic carbocycles. The van der Waals surface area contributed by atoms with Crippen molar-refractivity contribution in [3.8, 4) is 11.3 Å². The molecule has 1 atom stereocenters. The molecule has 102 valence electrons. The number of benzene rings is 1. The van der Waals surface area contributed by atoms with Gasteiger partial charge in [-0.05, 0) is 0 Å². The van der Waals surface area contributed by atoms with Crippen LogP contribution in [-0.2, 0) is 4.79 Å². The number of rotatable bonds is 3. The molecule has 3 rings (SSSR count). The van der Waals surface area contributed by atoms with Crippen molar-refractivity contribution < 1.29 is 9.90 Å². The second-order valence-corrected chi connectivity index (χ2v) is 5.55. The van der Waals surface area contributed by atoms with Crippen LogP contribution in [-0.4, -0.2) is 26.4 Å². The molecule has 0 saturated carbocycles. The number of hydrogen-bond donors (Lipinski definition) is 1. The summed E-state index contributed by atoms with van der Waals surface area (Å²) in [5.74, 6) is -0.324. The van der Waals surface area contributed by atoms with Crippen LogP contribution in [0, 0.1) is 0 Å². The second-order valence-electron chi connectivity index (χ2n) is 4.56. The monoisotopic (exact) mass is 288 g/mol. The highest BCUT2D eigenvalue weighted by Gasteiger charge is 2.27. The average Bonchev–Trinajstić information content (AvgIpc) is 2.82. The minimum atomic E-state index is -0.900. The molecule has 2 heterocycles. The zero-order chi connectivity index (χ0) is 14.1. The van der Waals surface area contributed by atoms with Crippen molar-refractivity contribution in [2.75, 3.05) is 5.75 Å². The van der Waals surface area contributed by atoms with Gasteiger partial charge in [-0.1, -0.05) is 42.1 Å². The molecule has 2 aromatic rings. The summed E-state index contributed by atoms with van der Waals surface area (Å²) in [5, 5.41) is 9.48. The van der Waals surface area contributed by atoms with E-state index in [9.17, 15) is 9.59 Å². The minimum absolute atomic E-state index is 0.0493. The first-order chi connectivity index (χ1) is 9.65. The molecule has 1 aromatic heterocycles. The summed E-state index contributed by atoms with van der Waals surface area (Å²) in [4.78, 5) is 27.5. The Bertz CT molecular complexity index is 712. The van der Waals surface area contributed by atoms with E-state index >= 15 is 0 Å². The standard InChI is InChI=1S/C14H12N2O3S/c17-12-7-11(9-4-2-1-3-5-9)15-14-16(12)10(8-20-14)6-13(18)19/h1-5,7,10H,6,8H2,(H,18,19)/t10-/m0/s1. The van der Waals surface area contributed by atoms with Crippen molar-refractivity contribution in [2.45, 2.75) is 17.6 Å². The first kappa shape index (κ1) is 12.9. The minimum Gasteiger partial charge on any atom is -0.481 e. The number of fused-ring (bicyclic) bond motifs is 1. The van der Waals surface area contributed by atoms with Gasteiger partial charge in [0.1, 0.15) is 0 Å². The van der Waals surface area contributed by atoms with E-state index in [4.69, 9.17) is 5.11 Å². The van der Waals surface area contributed by atoms with E-state index in [1.165, 1.54) is 22.4 Å². The van der Waals surface area contributed by atoms with E-state index in [1.54, 1.807) is 0 Å². The van der Waals surface area contributed by atoms with Crippen LogP contribution in [0.3, 0.4) is 0 Å². The van der Waals surface area contributed by atoms with Crippen LogP contribution in [0.15, 0.2) is 46.3 Å². The maximum Gasteiger partial charge on any atom is 0.305 e. The molecule has 0 radical (unpaired) electrons. The molecule has 0 spiro atoms. The summed E-state index contributed by atoms with van der Waals surface area (Å²) in [5.41, 5.74) is 1.32. The summed E-state index contributed by atoms with van der Waals surface area (Å²) in [7, 11) is 0. The predicted molar refractivity (Wildman–Crippen MR) is 75.9 cm³/mol. The van der Waals surface area contributed by atoms with Gasteiger partial charge in [0.2, 0.25) is 0 Å². The summed E-state index contributed by atoms with van der Waals surface area (Å²) >= 11 is 1.43. The van der Waals surface area contributed by atoms with Crippen molar-refractivity contribution in [3.05, 3.63) is 46.8 Å². The molecule has 1 aliphatic rings. The van der Waals surface area contributed by atoms with Crippen molar-refractivity contribution in [2.24, 2.45) is 0 Å². The Morgan fingerprint density at radius 3 is 2.85 bits per heavy atom. The summed E-state index contributed by atoms with van der Waals surface area (Å²) in [6, 6.07) is 10.6. The first-order valence-corrected chi connectivity index (χ1v) is 7.17. The molecule has 6 heteroatoms. The van der Waals surface area contributed by atoms with Gasteiger partial charge in [0, 0.05) is 17.4 Å². The molecule has 0 aliphatic carbocycles. The number of nitrogens with zero attached hydrogens (tertiary/aromatic N) is 2. The van der Waals surface area contributed by atoms with E-state index in [-0.39, 0.29) is 18.0 Å². The van der Waals surface area contributed by atoms with Gasteiger partial charge in [-0.3, -0.25) is 14.2 Å². The number of thioether (sulfide) groups is 1. The van der Waals surface area contributed by atoms with Crippen molar-refractivity contribution in [1.29, 1.82) is 0 Å². The van der Waals surface area contributed by atoms with Gasteiger partial charge in [0.25, 0.3) is 5.56 Å². The van der Waals surface area contributed by atoms with Crippen LogP contribution in [0.1, 0.15) is 12.5 Å². The number of carboxylic acid groups (broad SMARTS) is 1. The lowest BCUT2D eigenvalue weighted by Crippen LogP contribution is -2.25. The molecule has 0 fully saturated rings. The van der Waals surface area contributed by atoms with Gasteiger partial charge in [0.15, 0.2) is 5.16 Å². The largest absolute Gasteiger partial charge is 0.481 e. The molecular weight excluding hydrogens is 276 g/mol. The van der Waals surface area contributed by atoms with Gasteiger partial charge < -0.3 is 5.11 Å². The van der Waals surface area contributed by atoms with Crippen molar-refractivity contribution >= 4 is 17.7 Å². The van der Waals surface area contributed by atoms with Crippen LogP contribution < -0.4 is 5.56 Å². The molecular formula is C14H12N2O3S. The maximum atomic E-state index is 12.2. The molecule has 0 bridgehead atoms. The number of aliphatic carboxylic acids is 1. The van der Waals surface area contributed by atoms with Gasteiger partial charge in [-0.15, -0.1) is 0 Å². The maximum absolute atomic E-state index is 12.2. The molecule has 0 unspecified atom stereocenters. The van der Waals surface area contributed by atoms with E-state index in [0.29, 0.717) is 16.6 Å². The van der Waals surface area contributed by atoms with Gasteiger partial charge in [-0.25, -0.2) is 4.98 Å². The molecule has 0 amide bonds. The predicted octanol–water partition coefficient (Wildman–Crippen LogP) is 2.03. The van der Waals surface area contributed by atoms with Gasteiger partial charge in [0.05, 0.1) is 18.2 Å². The lowest BCUT2D eigenvalue weighted by molar-refractivity contribution is -0.137. The third-order valence-corrected chi connectivity index (χ3v) is 4.27. The zero-order valence-corrected chi connectivity index (χ0v) is 11.3. The Hall–Kier alpha value is -2.08. The van der Waals surface area contributed by atoms with Crippen LogP contribution in [0.5, 0.6) is 0 Å². The lowest BCUT2D eigenvalue weighted by Gasteiger charge is -2.11. The molecule has 0 saturated heterocycles. The molecule has 1 aliphatic heterocycles. The summed E-state index contributed by atoms with van der Waals surface area (Å²) < 4.78 is 1.49. The summed E-state index contributed by atoms with van der Waals surface area (Å²) in [6.07, 6.45) is -0.0493. The van der Waals surface area contributed by atoms with E-state index in [2.05, 4.69) is 4.98 Å². The van der Waals surface area contributed by atoms with E-state index < -0.39 is 5.97 Å². The van der Waals surface area contributed by atoms with Gasteiger partial charge in [-0.2, -0.15) is 0 Å². The fourth-order valence-corrected chi connectivity index (χ4v) is 3.41. The number of carboxylic acids is 1. The number of hydrogen-bond acceptors (Lipinski definition) is 4. The second kappa shape index (κ2) is 5.13. The fourth-order valence-electron chi connectivity index (χ4n) is 2.26. The Kier molecular flexibility index (Phi) is 3.31. The van der Waals surface area contributed by atoms with Crippen LogP contribution in [0.25, 0.3) is 11.3 Å². The van der Waals surface area contributed by atoms with Crippen LogP contribution >= 0.6 is 11.8 Å². The van der Waals surface area contributed by atoms with E-state index in [0.717, 1.165) is 5.56 Å². The molecule has 1 N–H and O–H groups in total. The third kappa shape index (κ3) is 2.34. The Balaban J connectivity index is 2.03. The molecule has 5 nitrogen and oxygen atoms in total. The van der Waals surface area contributed by atoms with Crippen LogP contribution in [0.4, 0.5) is 0 Å². The SMILES string of the molecule is O=C(O)C[C@H]1CSc2nc(-c3ccccc3)cc(=O)n21. The average molecular weight is 288 g/mol. The lowest BCUT2D eigenvalue weighted by atomic mass is 10.1. The highest BCUT2D eigenvalue weighted by molar-refractivity contribution is 7.99. The highest BCUT2D eigenvalue weighted by Crippen LogP contribution is 2.33. The van der Waals surface area contributed by atoms with E-state index in [1.807, 2.05) is 30.3 Å². The zero-order valence-electron chi connectivity index (χ0n) is 10.5. The Morgan fingerprint density at radius 2 is 2.15 bits per heavy atom. The first-order valence-electron chi connectivity index (χ1n) is 6.19. The van der Waals surface area contributed by atoms with Gasteiger partial charge >= 0.3 is 5.97 Å². The van der Waals surface area contributed by atoms with Crippen LogP contribution in [0.2, 0.25) is 0 Å². The topological polar surface area (TPSA) is 72.2 Å². The quantitative estimate of drug-likeness (QED) is 0.875. The summed E-state index contributed by atoms with van der Waals surface area (Å²) in [6.45, 7) is 0. The van der Waals surface area contributed by atoms with Crippen molar-refractivity contribution in [1.82, 2.24) is 9.55 Å². The molecule has 20 heavy (non-hydrogen) atoms. The Morgan fingerprint density at radius 1 is 1.40 bits per heavy atom. The highest BCUT2D eigenvalue weighted by atomic mass is 32.2. The Labute approximate surface area is 119 Å². The fraction of sp³-hybridized carbons (Fsp3) is 0.214. The number of carbonyl (C=O) groups is 1. The van der Waals surface area contributed by atoms with Crippen molar-refractivity contribution in [3.63, 3.8) is 0 Å². The number of aromatic nitrogens is 2. The smallest absolute Gasteiger partial charge is 0.305 e. The third-order valence-electron chi connectivity index (χ3n) is 3.17.